The van der Waals surface area contributed by atoms with E-state index in [1.807, 2.05) is 48.5 Å². The number of rotatable bonds is 8. The zero-order valence-corrected chi connectivity index (χ0v) is 38.0. The first-order valence-electron chi connectivity index (χ1n) is 20.6. The van der Waals surface area contributed by atoms with E-state index in [1.165, 1.54) is 27.6 Å². The highest BCUT2D eigenvalue weighted by Gasteiger charge is 2.52. The summed E-state index contributed by atoms with van der Waals surface area (Å²) in [4.78, 5) is 72.1. The smallest absolute Gasteiger partial charge is 0.399 e. The van der Waals surface area contributed by atoms with Crippen LogP contribution in [0.3, 0.4) is 0 Å². The Morgan fingerprint density at radius 2 is 1.30 bits per heavy atom. The van der Waals surface area contributed by atoms with Gasteiger partial charge in [-0.3, -0.25) is 19.2 Å². The van der Waals surface area contributed by atoms with Crippen LogP contribution in [0.25, 0.3) is 27.7 Å². The molecule has 0 unspecified atom stereocenters. The molecule has 1 aliphatic rings. The highest BCUT2D eigenvalue weighted by molar-refractivity contribution is 6.62. The van der Waals surface area contributed by atoms with Crippen molar-refractivity contribution in [1.82, 2.24) is 43.8 Å². The lowest BCUT2D eigenvalue weighted by atomic mass is 9.80. The molecule has 66 heavy (non-hydrogen) atoms. The molecule has 1 fully saturated rings. The monoisotopic (exact) mass is 897 g/mol. The molecular formula is C47H53BFN11O6. The van der Waals surface area contributed by atoms with Crippen molar-refractivity contribution in [3.8, 4) is 16.9 Å². The van der Waals surface area contributed by atoms with Gasteiger partial charge in [-0.05, 0) is 101 Å². The molecule has 1 aromatic carbocycles. The van der Waals surface area contributed by atoms with Crippen LogP contribution in [0.4, 0.5) is 27.4 Å². The molecule has 17 nitrogen and oxygen atoms in total. The van der Waals surface area contributed by atoms with E-state index in [2.05, 4.69) is 40.7 Å². The summed E-state index contributed by atoms with van der Waals surface area (Å²) in [5.74, 6) is 1.41. The molecule has 0 radical (unpaired) electrons. The lowest BCUT2D eigenvalue weighted by Gasteiger charge is -2.32. The molecule has 0 bridgehead atoms. The molecule has 0 spiro atoms. The van der Waals surface area contributed by atoms with Gasteiger partial charge in [0.2, 0.25) is 0 Å². The molecule has 1 aliphatic heterocycles. The predicted molar refractivity (Wildman–Crippen MR) is 254 cm³/mol. The molecule has 0 atom stereocenters. The number of pyridine rings is 3. The number of nitrogens with zero attached hydrogens (tertiary/aromatic N) is 9. The highest BCUT2D eigenvalue weighted by atomic mass is 19.1. The average molecular weight is 898 g/mol. The van der Waals surface area contributed by atoms with E-state index in [0.29, 0.717) is 51.8 Å². The SMILES string of the molecule is C.Cc1nccc(Nc2cc(-c3ccnc(-n4ncc5cc(C(C)(C)C)cc(F)c5c4=O)c3C=O)cn(C)c2=O)n1.Cc1nccc(Nc2cc(B3OC(C)(C)C(C)(C)O3)cn(C)c2=O)n1. The number of halogens is 1. The number of nitrogens with one attached hydrogen (secondary N) is 2. The van der Waals surface area contributed by atoms with E-state index in [9.17, 15) is 19.2 Å². The van der Waals surface area contributed by atoms with E-state index < -0.39 is 29.7 Å². The van der Waals surface area contributed by atoms with Crippen LogP contribution in [0.15, 0.2) is 94.0 Å². The molecule has 19 heteroatoms. The van der Waals surface area contributed by atoms with Crippen molar-refractivity contribution in [2.24, 2.45) is 14.1 Å². The fraction of sp³-hybridized carbons (Fsp3) is 0.319. The number of anilines is 4. The standard InChI is InChI=1S/C29H26FN7O3.C17H23BN4O3.CH4/c1-16-31-9-7-24(34-16)35-23-11-18(14-36(5)27(23)39)20-6-8-32-26(21(20)15-38)37-28(40)25-17(13-33-37)10-19(12-22(25)30)29(2,3)4;1-11-19-8-7-14(20-11)21-13-9-12(10-22(6)15(13)23)18-24-16(2,3)17(4,5)25-18;/h6-15H,1-5H3,(H,31,34,35);7-10H,1-6H3,(H,19,20,21);1H4. The molecule has 8 rings (SSSR count). The first-order chi connectivity index (χ1) is 30.6. The van der Waals surface area contributed by atoms with Crippen LogP contribution in [0.5, 0.6) is 0 Å². The zero-order chi connectivity index (χ0) is 47.2. The van der Waals surface area contributed by atoms with Crippen LogP contribution in [-0.4, -0.2) is 68.4 Å². The van der Waals surface area contributed by atoms with Crippen molar-refractivity contribution < 1.29 is 18.5 Å². The summed E-state index contributed by atoms with van der Waals surface area (Å²) in [7, 11) is 2.74. The molecule has 6 aromatic heterocycles. The fourth-order valence-electron chi connectivity index (χ4n) is 7.03. The number of hydrogen-bond donors (Lipinski definition) is 2. The number of benzene rings is 1. The van der Waals surface area contributed by atoms with E-state index >= 15 is 4.39 Å². The summed E-state index contributed by atoms with van der Waals surface area (Å²) in [5.41, 5.74) is 0.625. The van der Waals surface area contributed by atoms with Crippen LogP contribution in [0.1, 0.15) is 83.5 Å². The maximum atomic E-state index is 15.2. The van der Waals surface area contributed by atoms with Crippen molar-refractivity contribution >= 4 is 52.7 Å². The van der Waals surface area contributed by atoms with Gasteiger partial charge in [0.05, 0.1) is 28.3 Å². The first kappa shape index (κ1) is 48.2. The van der Waals surface area contributed by atoms with E-state index in [1.54, 1.807) is 89.1 Å². The van der Waals surface area contributed by atoms with Gasteiger partial charge in [-0.25, -0.2) is 29.3 Å². The minimum atomic E-state index is -0.745. The number of aromatic nitrogens is 9. The minimum absolute atomic E-state index is 0. The molecule has 0 saturated carbocycles. The highest BCUT2D eigenvalue weighted by Crippen LogP contribution is 2.36. The Kier molecular flexibility index (Phi) is 13.4. The van der Waals surface area contributed by atoms with Gasteiger partial charge in [-0.1, -0.05) is 28.2 Å². The normalized spacial score (nSPS) is 14.0. The third-order valence-corrected chi connectivity index (χ3v) is 11.3. The molecule has 7 heterocycles. The molecule has 7 aromatic rings. The van der Waals surface area contributed by atoms with E-state index in [-0.39, 0.29) is 46.4 Å². The van der Waals surface area contributed by atoms with Gasteiger partial charge >= 0.3 is 7.12 Å². The Bertz CT molecular complexity index is 3160. The molecular weight excluding hydrogens is 844 g/mol. The Morgan fingerprint density at radius 3 is 1.85 bits per heavy atom. The summed E-state index contributed by atoms with van der Waals surface area (Å²) in [5, 5.41) is 10.5. The minimum Gasteiger partial charge on any atom is -0.399 e. The Labute approximate surface area is 381 Å². The lowest BCUT2D eigenvalue weighted by Crippen LogP contribution is -2.41. The van der Waals surface area contributed by atoms with Crippen molar-refractivity contribution in [1.29, 1.82) is 0 Å². The maximum absolute atomic E-state index is 15.2. The Hall–Kier alpha value is -7.25. The summed E-state index contributed by atoms with van der Waals surface area (Å²) < 4.78 is 31.2. The van der Waals surface area contributed by atoms with Gasteiger partial charge in [0.15, 0.2) is 12.1 Å². The summed E-state index contributed by atoms with van der Waals surface area (Å²) in [6.45, 7) is 17.4. The van der Waals surface area contributed by atoms with Crippen molar-refractivity contribution in [3.63, 3.8) is 0 Å². The van der Waals surface area contributed by atoms with E-state index in [0.717, 1.165) is 15.7 Å². The van der Waals surface area contributed by atoms with E-state index in [4.69, 9.17) is 9.31 Å². The zero-order valence-electron chi connectivity index (χ0n) is 38.0. The van der Waals surface area contributed by atoms with Crippen LogP contribution in [0.2, 0.25) is 0 Å². The topological polar surface area (TPSA) is 203 Å². The number of fused-ring (bicyclic) bond motifs is 1. The average Bonchev–Trinajstić information content (AvgIpc) is 3.46. The van der Waals surface area contributed by atoms with Crippen LogP contribution < -0.4 is 32.8 Å². The largest absolute Gasteiger partial charge is 0.496 e. The summed E-state index contributed by atoms with van der Waals surface area (Å²) >= 11 is 0. The Balaban J connectivity index is 0.000000238. The van der Waals surface area contributed by atoms with Gasteiger partial charge in [-0.2, -0.15) is 9.78 Å². The maximum Gasteiger partial charge on any atom is 0.496 e. The van der Waals surface area contributed by atoms with Gasteiger partial charge < -0.3 is 29.1 Å². The summed E-state index contributed by atoms with van der Waals surface area (Å²) in [6, 6.07) is 11.3. The fourth-order valence-corrected chi connectivity index (χ4v) is 7.03. The van der Waals surface area contributed by atoms with Gasteiger partial charge in [0, 0.05) is 61.5 Å². The van der Waals surface area contributed by atoms with Gasteiger partial charge in [0.25, 0.3) is 16.7 Å². The number of carbonyl (C=O) groups is 1. The molecule has 2 N–H and O–H groups in total. The van der Waals surface area contributed by atoms with Crippen LogP contribution >= 0.6 is 0 Å². The van der Waals surface area contributed by atoms with Gasteiger partial charge in [-0.15, -0.1) is 0 Å². The van der Waals surface area contributed by atoms with Crippen molar-refractivity contribution in [3.05, 3.63) is 139 Å². The molecule has 0 aliphatic carbocycles. The number of carbonyl (C=O) groups excluding carboxylic acids is 1. The summed E-state index contributed by atoms with van der Waals surface area (Å²) in [6.07, 6.45) is 9.88. The quantitative estimate of drug-likeness (QED) is 0.125. The second-order valence-corrected chi connectivity index (χ2v) is 17.7. The number of hydrogen-bond acceptors (Lipinski definition) is 14. The molecule has 1 saturated heterocycles. The number of aryl methyl sites for hydroxylation is 4. The predicted octanol–water partition coefficient (Wildman–Crippen LogP) is 6.40. The van der Waals surface area contributed by atoms with Crippen molar-refractivity contribution in [2.45, 2.75) is 86.4 Å². The third-order valence-electron chi connectivity index (χ3n) is 11.3. The molecule has 342 valence electrons. The third kappa shape index (κ3) is 9.72. The lowest BCUT2D eigenvalue weighted by molar-refractivity contribution is 0.00578. The Morgan fingerprint density at radius 1 is 0.758 bits per heavy atom. The first-order valence-corrected chi connectivity index (χ1v) is 20.6. The van der Waals surface area contributed by atoms with Crippen molar-refractivity contribution in [2.75, 3.05) is 10.6 Å². The van der Waals surface area contributed by atoms with Crippen LogP contribution in [-0.2, 0) is 28.8 Å². The second-order valence-electron chi connectivity index (χ2n) is 17.7. The molecule has 0 amide bonds. The van der Waals surface area contributed by atoms with Gasteiger partial charge in [0.1, 0.15) is 40.5 Å². The second kappa shape index (κ2) is 18.3. The number of aldehydes is 1. The van der Waals surface area contributed by atoms with Crippen LogP contribution in [0, 0.1) is 19.7 Å².